The van der Waals surface area contributed by atoms with E-state index < -0.39 is 76.7 Å². The summed E-state index contributed by atoms with van der Waals surface area (Å²) in [5.74, 6) is 1.29. The summed E-state index contributed by atoms with van der Waals surface area (Å²) in [5.41, 5.74) is 9.29. The van der Waals surface area contributed by atoms with Crippen LogP contribution in [0, 0.1) is 0 Å². The maximum atomic E-state index is 3.05. The molecule has 0 amide bonds. The van der Waals surface area contributed by atoms with Crippen LogP contribution in [-0.2, 0) is 0 Å². The summed E-state index contributed by atoms with van der Waals surface area (Å²) < 4.78 is 3.12. The fourth-order valence-electron chi connectivity index (χ4n) is 12.7. The van der Waals surface area contributed by atoms with Crippen molar-refractivity contribution >= 4 is 91.2 Å². The van der Waals surface area contributed by atoms with E-state index in [2.05, 4.69) is 198 Å². The first-order valence-electron chi connectivity index (χ1n) is 20.2. The van der Waals surface area contributed by atoms with E-state index in [0.29, 0.717) is 0 Å². The van der Waals surface area contributed by atoms with E-state index in [-0.39, 0.29) is 0 Å². The molecule has 1 unspecified atom stereocenters. The van der Waals surface area contributed by atoms with Gasteiger partial charge in [-0.25, -0.2) is 0 Å². The Labute approximate surface area is 329 Å². The topological polar surface area (TPSA) is 0 Å². The van der Waals surface area contributed by atoms with Gasteiger partial charge in [0, 0.05) is 0 Å². The summed E-state index contributed by atoms with van der Waals surface area (Å²) in [5, 5.41) is 3.81. The molecule has 1 atom stereocenters. The minimum absolute atomic E-state index is 0.783. The third-order valence-electron chi connectivity index (χ3n) is 11.8. The van der Waals surface area contributed by atoms with E-state index in [9.17, 15) is 0 Å². The first-order valence-corrected chi connectivity index (χ1v) is 56.1. The van der Waals surface area contributed by atoms with Crippen molar-refractivity contribution in [3.8, 4) is 0 Å². The molecule has 50 heavy (non-hydrogen) atoms. The molecule has 0 fully saturated rings. The molecule has 0 radical (unpaired) electrons. The molecule has 0 saturated carbocycles. The molecule has 0 N–H and O–H groups in total. The van der Waals surface area contributed by atoms with Crippen molar-refractivity contribution in [2.24, 2.45) is 0 Å². The molecular weight excluding hydrogens is 810 g/mol. The van der Waals surface area contributed by atoms with Crippen molar-refractivity contribution in [2.75, 3.05) is 5.75 Å². The molecule has 290 valence electrons. The van der Waals surface area contributed by atoms with E-state index in [4.69, 9.17) is 0 Å². The zero-order valence-corrected chi connectivity index (χ0v) is 49.7. The van der Waals surface area contributed by atoms with Gasteiger partial charge in [0.2, 0.25) is 0 Å². The summed E-state index contributed by atoms with van der Waals surface area (Å²) >= 11 is -2.96. The molecule has 0 saturated heterocycles. The van der Waals surface area contributed by atoms with Gasteiger partial charge in [0.15, 0.2) is 0 Å². The Morgan fingerprint density at radius 2 is 0.740 bits per heavy atom. The van der Waals surface area contributed by atoms with Gasteiger partial charge in [-0.3, -0.25) is 0 Å². The summed E-state index contributed by atoms with van der Waals surface area (Å²) in [7, 11) is -9.92. The van der Waals surface area contributed by atoms with Crippen molar-refractivity contribution in [2.45, 2.75) is 196 Å². The summed E-state index contributed by atoms with van der Waals surface area (Å²) in [6.07, 6.45) is 0. The Morgan fingerprint density at radius 3 is 0.980 bits per heavy atom. The predicted molar refractivity (Wildman–Crippen MR) is 266 cm³/mol. The van der Waals surface area contributed by atoms with Crippen molar-refractivity contribution in [3.05, 3.63) is 40.0 Å². The normalized spacial score (nSPS) is 19.9. The van der Waals surface area contributed by atoms with Gasteiger partial charge in [-0.05, 0) is 0 Å². The van der Waals surface area contributed by atoms with Crippen molar-refractivity contribution < 1.29 is 0 Å². The van der Waals surface area contributed by atoms with E-state index in [0.717, 1.165) is 19.5 Å². The quantitative estimate of drug-likeness (QED) is 0.140. The molecule has 2 rings (SSSR count). The number of rotatable bonds is 13. The van der Waals surface area contributed by atoms with Crippen LogP contribution >= 0.6 is 10.1 Å². The van der Waals surface area contributed by atoms with Gasteiger partial charge in [0.1, 0.15) is 0 Å². The first kappa shape index (κ1) is 47.7. The van der Waals surface area contributed by atoms with Crippen LogP contribution in [0.15, 0.2) is 23.3 Å². The van der Waals surface area contributed by atoms with Crippen molar-refractivity contribution in [1.29, 1.82) is 0 Å². The third-order valence-corrected chi connectivity index (χ3v) is 82.0. The van der Waals surface area contributed by atoms with E-state index in [1.165, 1.54) is 11.0 Å². The predicted octanol–water partition coefficient (Wildman–Crippen LogP) is 14.6. The van der Waals surface area contributed by atoms with Crippen LogP contribution in [0.4, 0.5) is 0 Å². The average Bonchev–Trinajstić information content (AvgIpc) is 2.73. The molecule has 10 heteroatoms. The Balaban J connectivity index is 3.73. The second-order valence-corrected chi connectivity index (χ2v) is 85.8. The van der Waals surface area contributed by atoms with E-state index >= 15 is 0 Å². The van der Waals surface area contributed by atoms with E-state index in [1.807, 2.05) is 16.7 Å². The molecule has 1 aliphatic heterocycles. The zero-order valence-electron chi connectivity index (χ0n) is 38.8. The zero-order chi connectivity index (χ0) is 39.8. The molecular formula is C40H88GeSSi8. The Morgan fingerprint density at radius 1 is 0.440 bits per heavy atom. The van der Waals surface area contributed by atoms with Gasteiger partial charge in [-0.1, -0.05) is 0 Å². The average molecular weight is 899 g/mol. The van der Waals surface area contributed by atoms with Gasteiger partial charge in [0.05, 0.1) is 0 Å². The molecule has 1 aromatic carbocycles. The van der Waals surface area contributed by atoms with Crippen LogP contribution in [-0.4, -0.2) is 82.5 Å². The monoisotopic (exact) mass is 898 g/mol. The van der Waals surface area contributed by atoms with Crippen LogP contribution < -0.4 is 4.40 Å². The summed E-state index contributed by atoms with van der Waals surface area (Å²) in [6.45, 7) is 71.5. The molecule has 0 aromatic heterocycles. The van der Waals surface area contributed by atoms with Gasteiger partial charge in [-0.15, -0.1) is 0 Å². The van der Waals surface area contributed by atoms with Crippen LogP contribution in [0.5, 0.6) is 0 Å². The first-order chi connectivity index (χ1) is 21.7. The molecule has 1 heterocycles. The molecule has 0 bridgehead atoms. The molecule has 0 spiro atoms. The SMILES string of the molecule is CC1=C(C)[CH2][Ge]([c]2c(C([Si](C)(C)C)[Si](C)(C)C)cc(C([Si](C)(C)C)[Si](C)(C)C)cc2C([Si](C)(C)C)[Si](C)(C)C)([CH]([Si](C)(C)C)[Si](C)(C)C)[S]C1. The molecule has 0 nitrogen and oxygen atoms in total. The number of hydrogen-bond donors (Lipinski definition) is 0. The molecule has 1 aliphatic rings. The van der Waals surface area contributed by atoms with Crippen molar-refractivity contribution in [3.63, 3.8) is 0 Å². The third kappa shape index (κ3) is 10.7. The standard InChI is InChI=1S/C40H88GeSSi8/c1-31-29-41(42-30-32(31)2,40(49(21,22)23)50(24,25)26)36-34(38(45(9,10)11)46(12,13)14)27-33(37(43(3,4)5)44(6,7)8)28-35(36)39(47(15,16)17)48(18,19)20/h27-28,37-40H,29-30H2,1-26H3. The molecule has 0 aliphatic carbocycles. The second kappa shape index (κ2) is 15.2. The minimum atomic E-state index is -2.96. The Kier molecular flexibility index (Phi) is 14.5. The van der Waals surface area contributed by atoms with Crippen LogP contribution in [0.2, 0.25) is 166 Å². The Hall–Kier alpha value is 1.59. The number of benzene rings is 1. The number of allylic oxidation sites excluding steroid dienone is 1. The van der Waals surface area contributed by atoms with Gasteiger partial charge >= 0.3 is 333 Å². The Bertz CT molecular complexity index is 1290. The van der Waals surface area contributed by atoms with Gasteiger partial charge < -0.3 is 0 Å². The fourth-order valence-corrected chi connectivity index (χ4v) is 115. The maximum absolute atomic E-state index is 3.05. The van der Waals surface area contributed by atoms with Crippen LogP contribution in [0.1, 0.15) is 46.0 Å². The fraction of sp³-hybridized carbons (Fsp3) is 0.800. The van der Waals surface area contributed by atoms with Crippen LogP contribution in [0.25, 0.3) is 0 Å². The second-order valence-electron chi connectivity index (χ2n) is 25.7. The van der Waals surface area contributed by atoms with Crippen molar-refractivity contribution in [1.82, 2.24) is 0 Å². The summed E-state index contributed by atoms with van der Waals surface area (Å²) in [6, 6.07) is 6.10. The molecule has 1 aromatic rings. The number of hydrogen-bond acceptors (Lipinski definition) is 1. The van der Waals surface area contributed by atoms with Gasteiger partial charge in [0.25, 0.3) is 0 Å². The van der Waals surface area contributed by atoms with Crippen LogP contribution in [0.3, 0.4) is 0 Å². The summed E-state index contributed by atoms with van der Waals surface area (Å²) in [4.78, 5) is 0. The van der Waals surface area contributed by atoms with Gasteiger partial charge in [-0.2, -0.15) is 0 Å². The van der Waals surface area contributed by atoms with E-state index in [1.54, 1.807) is 11.1 Å².